The third-order valence-corrected chi connectivity index (χ3v) is 4.77. The highest BCUT2D eigenvalue weighted by Crippen LogP contribution is 2.36. The third kappa shape index (κ3) is 2.97. The van der Waals surface area contributed by atoms with E-state index in [0.717, 1.165) is 36.0 Å². The average molecular weight is 306 g/mol. The van der Waals surface area contributed by atoms with E-state index in [1.54, 1.807) is 6.33 Å². The molecule has 4 nitrogen and oxygen atoms in total. The van der Waals surface area contributed by atoms with Crippen LogP contribution in [0.4, 0.5) is 5.82 Å². The summed E-state index contributed by atoms with van der Waals surface area (Å²) >= 11 is 6.00. The van der Waals surface area contributed by atoms with Gasteiger partial charge in [-0.15, -0.1) is 0 Å². The van der Waals surface area contributed by atoms with Gasteiger partial charge in [-0.2, -0.15) is 0 Å². The molecule has 2 atom stereocenters. The molecule has 1 aromatic carbocycles. The molecule has 0 saturated heterocycles. The van der Waals surface area contributed by atoms with Crippen molar-refractivity contribution in [2.45, 2.75) is 38.7 Å². The van der Waals surface area contributed by atoms with Crippen molar-refractivity contribution in [3.63, 3.8) is 0 Å². The van der Waals surface area contributed by atoms with E-state index in [2.05, 4.69) is 22.2 Å². The highest BCUT2D eigenvalue weighted by Gasteiger charge is 2.35. The number of halogens is 1. The van der Waals surface area contributed by atoms with Gasteiger partial charge in [0.2, 0.25) is 0 Å². The molecule has 0 amide bonds. The normalized spacial score (nSPS) is 26.0. The Bertz CT molecular complexity index is 648. The molecular formula is C16H20ClN3O. The Morgan fingerprint density at radius 3 is 3.05 bits per heavy atom. The lowest BCUT2D eigenvalue weighted by molar-refractivity contribution is 0.00960. The number of rotatable bonds is 3. The molecule has 2 N–H and O–H groups in total. The zero-order chi connectivity index (χ0) is 14.9. The summed E-state index contributed by atoms with van der Waals surface area (Å²) in [5.74, 6) is 0.802. The van der Waals surface area contributed by atoms with E-state index in [-0.39, 0.29) is 11.5 Å². The third-order valence-electron chi connectivity index (χ3n) is 4.54. The molecule has 1 heterocycles. The van der Waals surface area contributed by atoms with Crippen molar-refractivity contribution in [1.82, 2.24) is 9.97 Å². The fourth-order valence-electron chi connectivity index (χ4n) is 3.04. The van der Waals surface area contributed by atoms with Crippen molar-refractivity contribution in [2.75, 3.05) is 11.9 Å². The van der Waals surface area contributed by atoms with Gasteiger partial charge < -0.3 is 10.4 Å². The van der Waals surface area contributed by atoms with Crippen molar-refractivity contribution in [3.05, 3.63) is 29.5 Å². The van der Waals surface area contributed by atoms with Crippen LogP contribution in [0.5, 0.6) is 0 Å². The lowest BCUT2D eigenvalue weighted by atomic mass is 9.73. The second kappa shape index (κ2) is 5.78. The summed E-state index contributed by atoms with van der Waals surface area (Å²) in [6.07, 6.45) is 5.51. The van der Waals surface area contributed by atoms with Crippen LogP contribution in [0.3, 0.4) is 0 Å². The first-order chi connectivity index (χ1) is 10.1. The number of aliphatic hydroxyl groups is 1. The van der Waals surface area contributed by atoms with Crippen LogP contribution in [0.2, 0.25) is 5.02 Å². The number of fused-ring (bicyclic) bond motifs is 1. The maximum atomic E-state index is 10.3. The number of hydrogen-bond acceptors (Lipinski definition) is 4. The first-order valence-electron chi connectivity index (χ1n) is 7.41. The average Bonchev–Trinajstić information content (AvgIpc) is 2.48. The molecule has 2 unspecified atom stereocenters. The van der Waals surface area contributed by atoms with Crippen molar-refractivity contribution in [1.29, 1.82) is 0 Å². The lowest BCUT2D eigenvalue weighted by Crippen LogP contribution is -2.41. The minimum absolute atomic E-state index is 0.0953. The molecule has 1 fully saturated rings. The number of benzene rings is 1. The van der Waals surface area contributed by atoms with Crippen LogP contribution in [0, 0.1) is 5.41 Å². The van der Waals surface area contributed by atoms with Crippen LogP contribution in [0.15, 0.2) is 24.5 Å². The minimum Gasteiger partial charge on any atom is -0.392 e. The number of hydrogen-bond donors (Lipinski definition) is 2. The van der Waals surface area contributed by atoms with Gasteiger partial charge in [-0.25, -0.2) is 9.97 Å². The van der Waals surface area contributed by atoms with E-state index < -0.39 is 0 Å². The van der Waals surface area contributed by atoms with Gasteiger partial charge in [0.1, 0.15) is 12.1 Å². The number of aliphatic hydroxyl groups excluding tert-OH is 1. The van der Waals surface area contributed by atoms with E-state index in [9.17, 15) is 5.11 Å². The van der Waals surface area contributed by atoms with E-state index >= 15 is 0 Å². The molecule has 3 rings (SSSR count). The van der Waals surface area contributed by atoms with Crippen molar-refractivity contribution >= 4 is 28.3 Å². The van der Waals surface area contributed by atoms with Gasteiger partial charge in [-0.3, -0.25) is 0 Å². The molecule has 5 heteroatoms. The van der Waals surface area contributed by atoms with Gasteiger partial charge in [-0.1, -0.05) is 31.4 Å². The largest absolute Gasteiger partial charge is 0.392 e. The molecule has 1 saturated carbocycles. The monoisotopic (exact) mass is 305 g/mol. The Kier molecular flexibility index (Phi) is 4.00. The summed E-state index contributed by atoms with van der Waals surface area (Å²) < 4.78 is 0. The van der Waals surface area contributed by atoms with Crippen molar-refractivity contribution in [3.8, 4) is 0 Å². The van der Waals surface area contributed by atoms with Crippen LogP contribution in [-0.2, 0) is 0 Å². The molecule has 1 aliphatic rings. The quantitative estimate of drug-likeness (QED) is 0.909. The Labute approximate surface area is 129 Å². The predicted molar refractivity (Wildman–Crippen MR) is 85.6 cm³/mol. The molecule has 0 spiro atoms. The molecule has 112 valence electrons. The Hall–Kier alpha value is -1.39. The Morgan fingerprint density at radius 2 is 2.24 bits per heavy atom. The molecule has 0 radical (unpaired) electrons. The van der Waals surface area contributed by atoms with Gasteiger partial charge in [0.15, 0.2) is 0 Å². The number of anilines is 1. The van der Waals surface area contributed by atoms with E-state index in [1.807, 2.05) is 18.2 Å². The number of aromatic nitrogens is 2. The van der Waals surface area contributed by atoms with E-state index in [4.69, 9.17) is 11.6 Å². The first kappa shape index (κ1) is 14.5. The molecule has 0 aliphatic heterocycles. The fraction of sp³-hybridized carbons (Fsp3) is 0.500. The van der Waals surface area contributed by atoms with Gasteiger partial charge in [0.05, 0.1) is 11.6 Å². The maximum absolute atomic E-state index is 10.3. The van der Waals surface area contributed by atoms with Crippen molar-refractivity contribution < 1.29 is 5.11 Å². The summed E-state index contributed by atoms with van der Waals surface area (Å²) in [4.78, 5) is 8.57. The van der Waals surface area contributed by atoms with Crippen LogP contribution < -0.4 is 5.32 Å². The Morgan fingerprint density at radius 1 is 1.38 bits per heavy atom. The fourth-order valence-corrected chi connectivity index (χ4v) is 3.21. The molecule has 2 aromatic rings. The highest BCUT2D eigenvalue weighted by atomic mass is 35.5. The van der Waals surface area contributed by atoms with Crippen molar-refractivity contribution in [2.24, 2.45) is 5.41 Å². The summed E-state index contributed by atoms with van der Waals surface area (Å²) in [6.45, 7) is 2.85. The minimum atomic E-state index is -0.249. The molecule has 1 aliphatic carbocycles. The predicted octanol–water partition coefficient (Wildman–Crippen LogP) is 3.64. The molecular weight excluding hydrogens is 286 g/mol. The van der Waals surface area contributed by atoms with Crippen LogP contribution in [0.1, 0.15) is 32.6 Å². The van der Waals surface area contributed by atoms with E-state index in [1.165, 1.54) is 6.42 Å². The number of nitrogens with zero attached hydrogens (tertiary/aromatic N) is 2. The van der Waals surface area contributed by atoms with Crippen LogP contribution in [-0.4, -0.2) is 27.7 Å². The zero-order valence-corrected chi connectivity index (χ0v) is 12.9. The first-order valence-corrected chi connectivity index (χ1v) is 7.78. The van der Waals surface area contributed by atoms with E-state index in [0.29, 0.717) is 11.6 Å². The summed E-state index contributed by atoms with van der Waals surface area (Å²) in [5.41, 5.74) is 0.733. The maximum Gasteiger partial charge on any atom is 0.137 e. The highest BCUT2D eigenvalue weighted by molar-refractivity contribution is 6.31. The Balaban J connectivity index is 1.82. The summed E-state index contributed by atoms with van der Waals surface area (Å²) in [5, 5.41) is 15.3. The molecule has 1 aromatic heterocycles. The van der Waals surface area contributed by atoms with Crippen LogP contribution in [0.25, 0.3) is 10.9 Å². The summed E-state index contributed by atoms with van der Waals surface area (Å²) in [7, 11) is 0. The van der Waals surface area contributed by atoms with Gasteiger partial charge in [-0.05, 0) is 31.0 Å². The molecule has 21 heavy (non-hydrogen) atoms. The van der Waals surface area contributed by atoms with Gasteiger partial charge >= 0.3 is 0 Å². The summed E-state index contributed by atoms with van der Waals surface area (Å²) in [6, 6.07) is 5.61. The lowest BCUT2D eigenvalue weighted by Gasteiger charge is -2.38. The molecule has 0 bridgehead atoms. The topological polar surface area (TPSA) is 58.0 Å². The SMILES string of the molecule is CC1(CNc2ncnc3cc(Cl)ccc23)CCCCC1O. The second-order valence-corrected chi connectivity index (χ2v) is 6.59. The second-order valence-electron chi connectivity index (χ2n) is 6.15. The zero-order valence-electron chi connectivity index (χ0n) is 12.1. The van der Waals surface area contributed by atoms with Gasteiger partial charge in [0, 0.05) is 22.4 Å². The standard InChI is InChI=1S/C16H20ClN3O/c1-16(7-3-2-4-14(16)21)9-18-15-12-6-5-11(17)8-13(12)19-10-20-15/h5-6,8,10,14,21H,2-4,7,9H2,1H3,(H,18,19,20). The van der Waals surface area contributed by atoms with Gasteiger partial charge in [0.25, 0.3) is 0 Å². The number of nitrogens with one attached hydrogen (secondary N) is 1. The van der Waals surface area contributed by atoms with Crippen LogP contribution >= 0.6 is 11.6 Å². The smallest absolute Gasteiger partial charge is 0.137 e.